The van der Waals surface area contributed by atoms with Crippen molar-refractivity contribution in [3.63, 3.8) is 0 Å². The Morgan fingerprint density at radius 2 is 2.08 bits per heavy atom. The monoisotopic (exact) mass is 201 g/mol. The Morgan fingerprint density at radius 3 is 2.46 bits per heavy atom. The van der Waals surface area contributed by atoms with E-state index in [0.717, 1.165) is 0 Å². The summed E-state index contributed by atoms with van der Waals surface area (Å²) in [7, 11) is 0. The molecule has 1 N–H and O–H groups in total. The number of hydrogen-bond donors (Lipinski definition) is 1. The maximum Gasteiger partial charge on any atom is 0.354 e. The van der Waals surface area contributed by atoms with Gasteiger partial charge in [0, 0.05) is 6.20 Å². The van der Waals surface area contributed by atoms with Gasteiger partial charge < -0.3 is 5.11 Å². The number of hydrogen-bond acceptors (Lipinski definition) is 2. The molecule has 1 heterocycles. The third-order valence-corrected chi connectivity index (χ3v) is 1.45. The summed E-state index contributed by atoms with van der Waals surface area (Å²) < 4.78 is 0. The van der Waals surface area contributed by atoms with Crippen LogP contribution in [-0.2, 0) is 0 Å². The predicted molar refractivity (Wildman–Crippen MR) is 52.3 cm³/mol. The Balaban J connectivity index is 0.000000671. The van der Waals surface area contributed by atoms with Crippen molar-refractivity contribution in [1.29, 1.82) is 0 Å². The quantitative estimate of drug-likeness (QED) is 0.760. The summed E-state index contributed by atoms with van der Waals surface area (Å²) in [5, 5.41) is 9.00. The van der Waals surface area contributed by atoms with Gasteiger partial charge in [0.1, 0.15) is 0 Å². The van der Waals surface area contributed by atoms with Gasteiger partial charge >= 0.3 is 5.97 Å². The Kier molecular flexibility index (Phi) is 5.07. The Labute approximate surface area is 82.4 Å². The number of halogens is 1. The molecule has 0 aromatic carbocycles. The molecule has 3 nitrogen and oxygen atoms in total. The van der Waals surface area contributed by atoms with Gasteiger partial charge in [0.2, 0.25) is 0 Å². The van der Waals surface area contributed by atoms with Gasteiger partial charge in [0.05, 0.1) is 5.02 Å². The molecule has 0 aliphatic heterocycles. The van der Waals surface area contributed by atoms with E-state index in [0.29, 0.717) is 10.6 Å². The SMILES string of the molecule is CC.Cc1cc(Cl)cnc1C(=O)O. The number of rotatable bonds is 1. The number of aromatic carboxylic acids is 1. The minimum Gasteiger partial charge on any atom is -0.477 e. The van der Waals surface area contributed by atoms with Gasteiger partial charge in [0.25, 0.3) is 0 Å². The van der Waals surface area contributed by atoms with Crippen LogP contribution in [0.5, 0.6) is 0 Å². The maximum absolute atomic E-state index is 10.4. The molecule has 1 rings (SSSR count). The highest BCUT2D eigenvalue weighted by Gasteiger charge is 2.07. The molecule has 72 valence electrons. The van der Waals surface area contributed by atoms with E-state index in [9.17, 15) is 4.79 Å². The molecule has 0 fully saturated rings. The molecule has 0 unspecified atom stereocenters. The fourth-order valence-electron chi connectivity index (χ4n) is 0.764. The molecule has 0 radical (unpaired) electrons. The number of aromatic nitrogens is 1. The standard InChI is InChI=1S/C7H6ClNO2.C2H6/c1-4-2-5(8)3-9-6(4)7(10)11;1-2/h2-3H,1H3,(H,10,11);1-2H3. The van der Waals surface area contributed by atoms with Crippen LogP contribution in [0, 0.1) is 6.92 Å². The van der Waals surface area contributed by atoms with E-state index in [4.69, 9.17) is 16.7 Å². The van der Waals surface area contributed by atoms with Crippen LogP contribution >= 0.6 is 11.6 Å². The Hall–Kier alpha value is -1.09. The lowest BCUT2D eigenvalue weighted by molar-refractivity contribution is 0.0689. The zero-order valence-electron chi connectivity index (χ0n) is 7.84. The van der Waals surface area contributed by atoms with E-state index in [-0.39, 0.29) is 5.69 Å². The first-order valence-corrected chi connectivity index (χ1v) is 4.34. The summed E-state index contributed by atoms with van der Waals surface area (Å²) in [6.45, 7) is 5.66. The highest BCUT2D eigenvalue weighted by molar-refractivity contribution is 6.30. The largest absolute Gasteiger partial charge is 0.477 e. The molecular weight excluding hydrogens is 190 g/mol. The number of carboxylic acids is 1. The van der Waals surface area contributed by atoms with Crippen molar-refractivity contribution < 1.29 is 9.90 Å². The van der Waals surface area contributed by atoms with Crippen molar-refractivity contribution >= 4 is 17.6 Å². The fourth-order valence-corrected chi connectivity index (χ4v) is 0.977. The van der Waals surface area contributed by atoms with Gasteiger partial charge in [-0.3, -0.25) is 0 Å². The molecular formula is C9H12ClNO2. The van der Waals surface area contributed by atoms with Crippen LogP contribution in [0.15, 0.2) is 12.3 Å². The molecule has 13 heavy (non-hydrogen) atoms. The van der Waals surface area contributed by atoms with Crippen molar-refractivity contribution in [2.24, 2.45) is 0 Å². The molecule has 0 spiro atoms. The van der Waals surface area contributed by atoms with E-state index in [1.165, 1.54) is 6.20 Å². The van der Waals surface area contributed by atoms with E-state index in [1.807, 2.05) is 13.8 Å². The molecule has 1 aromatic heterocycles. The van der Waals surface area contributed by atoms with Crippen molar-refractivity contribution in [2.45, 2.75) is 20.8 Å². The summed E-state index contributed by atoms with van der Waals surface area (Å²) in [5.41, 5.74) is 0.624. The van der Waals surface area contributed by atoms with Crippen LogP contribution in [0.2, 0.25) is 5.02 Å². The molecule has 1 aromatic rings. The van der Waals surface area contributed by atoms with E-state index in [2.05, 4.69) is 4.98 Å². The van der Waals surface area contributed by atoms with Crippen LogP contribution < -0.4 is 0 Å². The molecule has 4 heteroatoms. The van der Waals surface area contributed by atoms with Crippen LogP contribution in [0.3, 0.4) is 0 Å². The third kappa shape index (κ3) is 3.42. The van der Waals surface area contributed by atoms with Crippen molar-refractivity contribution in [3.05, 3.63) is 28.5 Å². The molecule has 0 saturated heterocycles. The van der Waals surface area contributed by atoms with E-state index in [1.54, 1.807) is 13.0 Å². The lowest BCUT2D eigenvalue weighted by Crippen LogP contribution is -2.02. The minimum atomic E-state index is -1.03. The lowest BCUT2D eigenvalue weighted by Gasteiger charge is -1.97. The van der Waals surface area contributed by atoms with Gasteiger partial charge in [-0.05, 0) is 18.6 Å². The number of aryl methyl sites for hydroxylation is 1. The van der Waals surface area contributed by atoms with E-state index >= 15 is 0 Å². The second kappa shape index (κ2) is 5.54. The first-order chi connectivity index (χ1) is 6.11. The number of nitrogens with zero attached hydrogens (tertiary/aromatic N) is 1. The molecule has 0 bridgehead atoms. The zero-order chi connectivity index (χ0) is 10.4. The first-order valence-electron chi connectivity index (χ1n) is 3.96. The number of carbonyl (C=O) groups is 1. The van der Waals surface area contributed by atoms with Gasteiger partial charge in [-0.15, -0.1) is 0 Å². The van der Waals surface area contributed by atoms with Crippen LogP contribution in [0.4, 0.5) is 0 Å². The van der Waals surface area contributed by atoms with Crippen molar-refractivity contribution in [3.8, 4) is 0 Å². The average Bonchev–Trinajstić information content (AvgIpc) is 2.07. The second-order valence-electron chi connectivity index (χ2n) is 2.12. The average molecular weight is 202 g/mol. The van der Waals surface area contributed by atoms with Crippen LogP contribution in [0.25, 0.3) is 0 Å². The van der Waals surface area contributed by atoms with Gasteiger partial charge in [-0.2, -0.15) is 0 Å². The highest BCUT2D eigenvalue weighted by atomic mass is 35.5. The summed E-state index contributed by atoms with van der Waals surface area (Å²) in [6.07, 6.45) is 1.32. The fraction of sp³-hybridized carbons (Fsp3) is 0.333. The lowest BCUT2D eigenvalue weighted by atomic mass is 10.2. The van der Waals surface area contributed by atoms with Crippen molar-refractivity contribution in [2.75, 3.05) is 0 Å². The number of carboxylic acid groups (broad SMARTS) is 1. The highest BCUT2D eigenvalue weighted by Crippen LogP contribution is 2.11. The smallest absolute Gasteiger partial charge is 0.354 e. The third-order valence-electron chi connectivity index (χ3n) is 1.25. The van der Waals surface area contributed by atoms with Gasteiger partial charge in [0.15, 0.2) is 5.69 Å². The Morgan fingerprint density at radius 1 is 1.54 bits per heavy atom. The minimum absolute atomic E-state index is 0.0504. The summed E-state index contributed by atoms with van der Waals surface area (Å²) in [6, 6.07) is 1.57. The normalized spacial score (nSPS) is 8.62. The molecule has 0 saturated carbocycles. The zero-order valence-corrected chi connectivity index (χ0v) is 8.59. The van der Waals surface area contributed by atoms with E-state index < -0.39 is 5.97 Å². The van der Waals surface area contributed by atoms with Gasteiger partial charge in [-0.1, -0.05) is 25.4 Å². The molecule has 0 amide bonds. The summed E-state index contributed by atoms with van der Waals surface area (Å²) >= 11 is 5.57. The topological polar surface area (TPSA) is 50.2 Å². The Bertz CT molecular complexity index is 300. The maximum atomic E-state index is 10.4. The molecule has 0 aliphatic carbocycles. The number of pyridine rings is 1. The summed E-state index contributed by atoms with van der Waals surface area (Å²) in [5.74, 6) is -1.03. The van der Waals surface area contributed by atoms with Crippen molar-refractivity contribution in [1.82, 2.24) is 4.98 Å². The molecule has 0 aliphatic rings. The summed E-state index contributed by atoms with van der Waals surface area (Å²) in [4.78, 5) is 14.1. The second-order valence-corrected chi connectivity index (χ2v) is 2.56. The van der Waals surface area contributed by atoms with Crippen LogP contribution in [0.1, 0.15) is 29.9 Å². The van der Waals surface area contributed by atoms with Crippen LogP contribution in [-0.4, -0.2) is 16.1 Å². The predicted octanol–water partition coefficient (Wildman–Crippen LogP) is 2.77. The van der Waals surface area contributed by atoms with Gasteiger partial charge in [-0.25, -0.2) is 9.78 Å². The molecule has 0 atom stereocenters. The first kappa shape index (κ1) is 11.9.